The number of rotatable bonds is 27. The second-order valence-corrected chi connectivity index (χ2v) is 16.9. The SMILES string of the molecule is CC[C@H](C)[C@@H](NC(=O)[C@H](C)NC(=O)[C@H](N)C(C)C)C(=O)N[C@@H](C(=O)N[C@@H](C(=O)N[C@@H](CC(C)C)C(=O)N[C@H](C(=O)N[C@@H](CCCCN)C(=O)O)C(C)C)C(C)C)[C@H](C)O. The maximum Gasteiger partial charge on any atom is 0.326 e. The van der Waals surface area contributed by atoms with Crippen LogP contribution >= 0.6 is 0 Å². The van der Waals surface area contributed by atoms with Gasteiger partial charge in [0.1, 0.15) is 42.3 Å². The first-order valence-electron chi connectivity index (χ1n) is 20.8. The van der Waals surface area contributed by atoms with Crippen molar-refractivity contribution in [3.8, 4) is 0 Å². The number of nitrogens with two attached hydrogens (primary N) is 2. The molecule has 0 fully saturated rings. The molecular weight excluding hydrogens is 766 g/mol. The Hall–Kier alpha value is -4.36. The number of aliphatic carboxylic acids is 1. The first kappa shape index (κ1) is 54.6. The van der Waals surface area contributed by atoms with Crippen molar-refractivity contribution >= 4 is 47.3 Å². The Balaban J connectivity index is 6.16. The van der Waals surface area contributed by atoms with Gasteiger partial charge in [0.2, 0.25) is 41.4 Å². The van der Waals surface area contributed by atoms with Gasteiger partial charge in [0, 0.05) is 0 Å². The molecule has 0 saturated heterocycles. The number of aliphatic hydroxyl groups excluding tert-OH is 1. The molecule has 59 heavy (non-hydrogen) atoms. The van der Waals surface area contributed by atoms with Gasteiger partial charge in [-0.05, 0) is 75.7 Å². The predicted molar refractivity (Wildman–Crippen MR) is 223 cm³/mol. The second-order valence-electron chi connectivity index (χ2n) is 16.9. The number of carbonyl (C=O) groups excluding carboxylic acids is 7. The monoisotopic (exact) mass is 842 g/mol. The van der Waals surface area contributed by atoms with E-state index in [0.29, 0.717) is 25.8 Å². The summed E-state index contributed by atoms with van der Waals surface area (Å²) in [5.74, 6) is -8.07. The Morgan fingerprint density at radius 1 is 0.525 bits per heavy atom. The fourth-order valence-corrected chi connectivity index (χ4v) is 5.85. The fraction of sp³-hybridized carbons (Fsp3) is 0.800. The van der Waals surface area contributed by atoms with E-state index < -0.39 is 120 Å². The highest BCUT2D eigenvalue weighted by Gasteiger charge is 2.37. The molecule has 0 aliphatic heterocycles. The number of hydrogen-bond acceptors (Lipinski definition) is 11. The normalized spacial score (nSPS) is 16.7. The minimum atomic E-state index is -1.58. The summed E-state index contributed by atoms with van der Waals surface area (Å²) in [6.07, 6.45) is 0.308. The number of hydrogen-bond donors (Lipinski definition) is 11. The van der Waals surface area contributed by atoms with Crippen LogP contribution < -0.4 is 48.7 Å². The van der Waals surface area contributed by atoms with E-state index in [-0.39, 0.29) is 24.7 Å². The smallest absolute Gasteiger partial charge is 0.326 e. The molecule has 0 heterocycles. The van der Waals surface area contributed by atoms with Crippen LogP contribution in [-0.2, 0) is 38.4 Å². The van der Waals surface area contributed by atoms with Gasteiger partial charge in [-0.1, -0.05) is 75.7 Å². The van der Waals surface area contributed by atoms with Gasteiger partial charge in [-0.15, -0.1) is 0 Å². The number of nitrogens with one attached hydrogen (secondary N) is 7. The van der Waals surface area contributed by atoms with Crippen LogP contribution in [0.4, 0.5) is 0 Å². The van der Waals surface area contributed by atoms with E-state index in [1.807, 2.05) is 13.8 Å². The number of carboxylic acids is 1. The van der Waals surface area contributed by atoms with E-state index in [1.165, 1.54) is 13.8 Å². The zero-order chi connectivity index (χ0) is 45.9. The van der Waals surface area contributed by atoms with Crippen molar-refractivity contribution in [2.45, 2.75) is 170 Å². The third-order valence-electron chi connectivity index (χ3n) is 10.0. The highest BCUT2D eigenvalue weighted by Crippen LogP contribution is 2.13. The Morgan fingerprint density at radius 3 is 1.39 bits per heavy atom. The van der Waals surface area contributed by atoms with Gasteiger partial charge in [0.15, 0.2) is 0 Å². The third kappa shape index (κ3) is 19.1. The molecule has 10 atom stereocenters. The molecule has 0 aromatic rings. The second kappa shape index (κ2) is 26.7. The highest BCUT2D eigenvalue weighted by molar-refractivity contribution is 5.97. The van der Waals surface area contributed by atoms with E-state index in [2.05, 4.69) is 37.2 Å². The zero-order valence-corrected chi connectivity index (χ0v) is 37.1. The lowest BCUT2D eigenvalue weighted by molar-refractivity contribution is -0.143. The molecule has 0 unspecified atom stereocenters. The van der Waals surface area contributed by atoms with Crippen molar-refractivity contribution < 1.29 is 48.6 Å². The zero-order valence-electron chi connectivity index (χ0n) is 37.1. The summed E-state index contributed by atoms with van der Waals surface area (Å²) in [5, 5.41) is 38.4. The van der Waals surface area contributed by atoms with Crippen LogP contribution in [0.1, 0.15) is 115 Å². The van der Waals surface area contributed by atoms with Crippen LogP contribution in [0.15, 0.2) is 0 Å². The molecule has 0 saturated carbocycles. The number of carboxylic acid groups (broad SMARTS) is 1. The van der Waals surface area contributed by atoms with Gasteiger partial charge in [-0.2, -0.15) is 0 Å². The molecule has 13 N–H and O–H groups in total. The maximum atomic E-state index is 13.8. The molecule has 19 heteroatoms. The molecular formula is C40H75N9O10. The molecule has 0 bridgehead atoms. The molecule has 0 aromatic carbocycles. The largest absolute Gasteiger partial charge is 0.480 e. The predicted octanol–water partition coefficient (Wildman–Crippen LogP) is -0.618. The maximum absolute atomic E-state index is 13.8. The summed E-state index contributed by atoms with van der Waals surface area (Å²) in [6.45, 7) is 20.4. The average Bonchev–Trinajstić information content (AvgIpc) is 3.14. The van der Waals surface area contributed by atoms with E-state index in [4.69, 9.17) is 11.5 Å². The van der Waals surface area contributed by atoms with E-state index in [1.54, 1.807) is 55.4 Å². The molecule has 0 rings (SSSR count). The summed E-state index contributed by atoms with van der Waals surface area (Å²) in [4.78, 5) is 106. The summed E-state index contributed by atoms with van der Waals surface area (Å²) in [6, 6.07) is -9.43. The van der Waals surface area contributed by atoms with Crippen LogP contribution in [0, 0.1) is 29.6 Å². The van der Waals surface area contributed by atoms with Crippen molar-refractivity contribution in [2.75, 3.05) is 6.54 Å². The number of carbonyl (C=O) groups is 8. The molecule has 340 valence electrons. The van der Waals surface area contributed by atoms with E-state index in [9.17, 15) is 48.6 Å². The molecule has 0 radical (unpaired) electrons. The summed E-state index contributed by atoms with van der Waals surface area (Å²) in [5.41, 5.74) is 11.4. The summed E-state index contributed by atoms with van der Waals surface area (Å²) >= 11 is 0. The van der Waals surface area contributed by atoms with Gasteiger partial charge in [-0.25, -0.2) is 4.79 Å². The fourth-order valence-electron chi connectivity index (χ4n) is 5.85. The standard InChI is InChI=1S/C40H75N9O10/c1-13-23(10)31(48-33(51)24(11)43-35(53)28(42)20(4)5)38(56)49-32(25(12)50)39(57)47-30(22(8)9)37(55)45-27(18-19(2)3)34(52)46-29(21(6)7)36(54)44-26(40(58)59)16-14-15-17-41/h19-32,50H,13-18,41-42H2,1-12H3,(H,43,53)(H,44,54)(H,45,55)(H,46,52)(H,47,57)(H,48,51)(H,49,56)(H,58,59)/t23-,24-,25-,26-,27-,28+,29-,30+,31+,32+/m0/s1. The molecule has 0 aromatic heterocycles. The van der Waals surface area contributed by atoms with Crippen molar-refractivity contribution in [3.05, 3.63) is 0 Å². The van der Waals surface area contributed by atoms with Crippen LogP contribution in [0.2, 0.25) is 0 Å². The van der Waals surface area contributed by atoms with Gasteiger partial charge >= 0.3 is 5.97 Å². The van der Waals surface area contributed by atoms with Crippen LogP contribution in [-0.4, -0.2) is 119 Å². The molecule has 19 nitrogen and oxygen atoms in total. The lowest BCUT2D eigenvalue weighted by atomic mass is 9.96. The number of amides is 7. The highest BCUT2D eigenvalue weighted by atomic mass is 16.4. The minimum absolute atomic E-state index is 0.117. The van der Waals surface area contributed by atoms with Crippen molar-refractivity contribution in [1.82, 2.24) is 37.2 Å². The topological polar surface area (TPSA) is 313 Å². The molecule has 0 spiro atoms. The lowest BCUT2D eigenvalue weighted by Gasteiger charge is -2.31. The van der Waals surface area contributed by atoms with Gasteiger partial charge in [0.25, 0.3) is 0 Å². The Labute approximate surface area is 349 Å². The van der Waals surface area contributed by atoms with Gasteiger partial charge in [0.05, 0.1) is 12.1 Å². The molecule has 0 aliphatic rings. The summed E-state index contributed by atoms with van der Waals surface area (Å²) < 4.78 is 0. The van der Waals surface area contributed by atoms with Crippen molar-refractivity contribution in [1.29, 1.82) is 0 Å². The van der Waals surface area contributed by atoms with Gasteiger partial charge in [-0.3, -0.25) is 33.6 Å². The van der Waals surface area contributed by atoms with Crippen LogP contribution in [0.5, 0.6) is 0 Å². The molecule has 0 aliphatic carbocycles. The Kier molecular flexibility index (Phi) is 24.7. The van der Waals surface area contributed by atoms with Crippen LogP contribution in [0.25, 0.3) is 0 Å². The van der Waals surface area contributed by atoms with E-state index >= 15 is 0 Å². The van der Waals surface area contributed by atoms with E-state index in [0.717, 1.165) is 0 Å². The minimum Gasteiger partial charge on any atom is -0.480 e. The first-order valence-corrected chi connectivity index (χ1v) is 20.8. The quantitative estimate of drug-likeness (QED) is 0.0462. The average molecular weight is 842 g/mol. The Morgan fingerprint density at radius 2 is 0.966 bits per heavy atom. The summed E-state index contributed by atoms with van der Waals surface area (Å²) in [7, 11) is 0. The van der Waals surface area contributed by atoms with Crippen molar-refractivity contribution in [2.24, 2.45) is 41.1 Å². The molecule has 7 amide bonds. The Bertz CT molecular complexity index is 1410. The van der Waals surface area contributed by atoms with Gasteiger partial charge < -0.3 is 58.9 Å². The lowest BCUT2D eigenvalue weighted by Crippen LogP contribution is -2.63. The van der Waals surface area contributed by atoms with Crippen LogP contribution in [0.3, 0.4) is 0 Å². The first-order chi connectivity index (χ1) is 27.3. The third-order valence-corrected chi connectivity index (χ3v) is 10.0. The number of aliphatic hydroxyl groups is 1. The van der Waals surface area contributed by atoms with Crippen molar-refractivity contribution in [3.63, 3.8) is 0 Å². The number of unbranched alkanes of at least 4 members (excludes halogenated alkanes) is 1.